The largest absolute Gasteiger partial charge is 0.389 e. The minimum atomic E-state index is -0.894. The molecule has 0 saturated carbocycles. The number of rotatable bonds is 4. The van der Waals surface area contributed by atoms with Crippen LogP contribution in [0.3, 0.4) is 0 Å². The molecule has 1 unspecified atom stereocenters. The van der Waals surface area contributed by atoms with E-state index in [0.717, 1.165) is 0 Å². The van der Waals surface area contributed by atoms with Crippen molar-refractivity contribution in [1.29, 1.82) is 0 Å². The minimum absolute atomic E-state index is 0.0309. The molecule has 1 heterocycles. The second kappa shape index (κ2) is 3.83. The standard InChI is InChI=1S/C6H9N5O3/c7-4(6(8)12)3-10-2-1-5(9-10)11(13)14/h1-2,4H,3,7H2,(H2,8,12). The summed E-state index contributed by atoms with van der Waals surface area (Å²) in [5.41, 5.74) is 10.2. The van der Waals surface area contributed by atoms with Crippen LogP contribution in [0.5, 0.6) is 0 Å². The van der Waals surface area contributed by atoms with E-state index in [1.165, 1.54) is 16.9 Å². The molecule has 0 aliphatic rings. The van der Waals surface area contributed by atoms with Gasteiger partial charge in [-0.1, -0.05) is 0 Å². The van der Waals surface area contributed by atoms with Gasteiger partial charge in [0.2, 0.25) is 5.91 Å². The summed E-state index contributed by atoms with van der Waals surface area (Å²) >= 11 is 0. The van der Waals surface area contributed by atoms with Crippen molar-refractivity contribution in [3.05, 3.63) is 22.4 Å². The van der Waals surface area contributed by atoms with Gasteiger partial charge in [-0.05, 0) is 4.92 Å². The van der Waals surface area contributed by atoms with Gasteiger partial charge in [-0.25, -0.2) is 0 Å². The molecule has 8 heteroatoms. The Labute approximate surface area is 78.6 Å². The third-order valence-electron chi connectivity index (χ3n) is 1.56. The minimum Gasteiger partial charge on any atom is -0.368 e. The third kappa shape index (κ3) is 2.26. The first kappa shape index (κ1) is 10.1. The first-order chi connectivity index (χ1) is 6.50. The van der Waals surface area contributed by atoms with E-state index in [4.69, 9.17) is 11.5 Å². The van der Waals surface area contributed by atoms with Crippen LogP contribution in [0.4, 0.5) is 5.82 Å². The lowest BCUT2D eigenvalue weighted by Gasteiger charge is -2.03. The molecule has 14 heavy (non-hydrogen) atoms. The van der Waals surface area contributed by atoms with Crippen molar-refractivity contribution in [1.82, 2.24) is 9.78 Å². The van der Waals surface area contributed by atoms with Crippen molar-refractivity contribution in [2.24, 2.45) is 11.5 Å². The van der Waals surface area contributed by atoms with Crippen molar-refractivity contribution in [3.63, 3.8) is 0 Å². The van der Waals surface area contributed by atoms with Crippen LogP contribution in [0.15, 0.2) is 12.3 Å². The van der Waals surface area contributed by atoms with Gasteiger partial charge < -0.3 is 21.6 Å². The zero-order valence-corrected chi connectivity index (χ0v) is 7.16. The molecule has 0 spiro atoms. The Morgan fingerprint density at radius 1 is 1.79 bits per heavy atom. The summed E-state index contributed by atoms with van der Waals surface area (Å²) in [5.74, 6) is -0.968. The normalized spacial score (nSPS) is 12.4. The highest BCUT2D eigenvalue weighted by atomic mass is 16.6. The van der Waals surface area contributed by atoms with Gasteiger partial charge in [0.15, 0.2) is 0 Å². The number of carbonyl (C=O) groups is 1. The number of primary amides is 1. The fourth-order valence-corrected chi connectivity index (χ4v) is 0.842. The van der Waals surface area contributed by atoms with Gasteiger partial charge >= 0.3 is 5.82 Å². The highest BCUT2D eigenvalue weighted by Gasteiger charge is 2.15. The summed E-state index contributed by atoms with van der Waals surface area (Å²) in [6.07, 6.45) is 1.36. The van der Waals surface area contributed by atoms with E-state index >= 15 is 0 Å². The van der Waals surface area contributed by atoms with Gasteiger partial charge in [-0.2, -0.15) is 4.68 Å². The monoisotopic (exact) mass is 199 g/mol. The summed E-state index contributed by atoms with van der Waals surface area (Å²) in [6.45, 7) is 0.0309. The van der Waals surface area contributed by atoms with Crippen LogP contribution in [0.25, 0.3) is 0 Å². The molecule has 0 radical (unpaired) electrons. The van der Waals surface area contributed by atoms with Crippen LogP contribution >= 0.6 is 0 Å². The van der Waals surface area contributed by atoms with E-state index in [-0.39, 0.29) is 12.4 Å². The van der Waals surface area contributed by atoms with Crippen molar-refractivity contribution in [2.75, 3.05) is 0 Å². The van der Waals surface area contributed by atoms with E-state index in [2.05, 4.69) is 5.10 Å². The van der Waals surface area contributed by atoms with Crippen LogP contribution in [0.2, 0.25) is 0 Å². The van der Waals surface area contributed by atoms with Crippen LogP contribution in [-0.2, 0) is 11.3 Å². The van der Waals surface area contributed by atoms with Crippen molar-refractivity contribution in [2.45, 2.75) is 12.6 Å². The number of hydrogen-bond donors (Lipinski definition) is 2. The molecule has 1 atom stereocenters. The molecule has 1 rings (SSSR count). The molecule has 4 N–H and O–H groups in total. The Morgan fingerprint density at radius 3 is 2.86 bits per heavy atom. The van der Waals surface area contributed by atoms with Crippen LogP contribution < -0.4 is 11.5 Å². The average Bonchev–Trinajstić information content (AvgIpc) is 2.52. The molecule has 0 aliphatic heterocycles. The zero-order valence-electron chi connectivity index (χ0n) is 7.16. The molecule has 76 valence electrons. The van der Waals surface area contributed by atoms with Crippen molar-refractivity contribution >= 4 is 11.7 Å². The van der Waals surface area contributed by atoms with Crippen LogP contribution in [0, 0.1) is 10.1 Å². The molecule has 0 bridgehead atoms. The lowest BCUT2D eigenvalue weighted by molar-refractivity contribution is -0.389. The Morgan fingerprint density at radius 2 is 2.43 bits per heavy atom. The molecule has 0 aliphatic carbocycles. The average molecular weight is 199 g/mol. The molecular weight excluding hydrogens is 190 g/mol. The number of amides is 1. The SMILES string of the molecule is NC(=O)C(N)Cn1ccc([N+](=O)[O-])n1. The van der Waals surface area contributed by atoms with Crippen molar-refractivity contribution < 1.29 is 9.72 Å². The lowest BCUT2D eigenvalue weighted by atomic mass is 10.3. The molecule has 1 aromatic heterocycles. The maximum Gasteiger partial charge on any atom is 0.389 e. The first-order valence-corrected chi connectivity index (χ1v) is 3.73. The molecule has 1 aromatic rings. The summed E-state index contributed by atoms with van der Waals surface area (Å²) in [5, 5.41) is 13.8. The van der Waals surface area contributed by atoms with E-state index in [0.29, 0.717) is 0 Å². The quantitative estimate of drug-likeness (QED) is 0.455. The number of hydrogen-bond acceptors (Lipinski definition) is 5. The Hall–Kier alpha value is -1.96. The number of nitrogens with zero attached hydrogens (tertiary/aromatic N) is 3. The van der Waals surface area contributed by atoms with Gasteiger partial charge in [0.25, 0.3) is 0 Å². The summed E-state index contributed by atoms with van der Waals surface area (Å²) in [7, 11) is 0. The molecule has 0 saturated heterocycles. The second-order valence-electron chi connectivity index (χ2n) is 2.66. The second-order valence-corrected chi connectivity index (χ2v) is 2.66. The molecule has 1 amide bonds. The van der Waals surface area contributed by atoms with Gasteiger partial charge in [-0.3, -0.25) is 4.79 Å². The zero-order chi connectivity index (χ0) is 10.7. The molecule has 0 aromatic carbocycles. The lowest BCUT2D eigenvalue weighted by Crippen LogP contribution is -2.39. The Balaban J connectivity index is 2.69. The smallest absolute Gasteiger partial charge is 0.368 e. The topological polar surface area (TPSA) is 130 Å². The van der Waals surface area contributed by atoms with E-state index in [1.807, 2.05) is 0 Å². The molecular formula is C6H9N5O3. The number of nitro groups is 1. The predicted molar refractivity (Wildman–Crippen MR) is 46.1 cm³/mol. The van der Waals surface area contributed by atoms with Gasteiger partial charge in [-0.15, -0.1) is 0 Å². The predicted octanol–water partition coefficient (Wildman–Crippen LogP) is -1.40. The van der Waals surface area contributed by atoms with Gasteiger partial charge in [0.1, 0.15) is 6.04 Å². The number of carbonyl (C=O) groups excluding carboxylic acids is 1. The highest BCUT2D eigenvalue weighted by molar-refractivity contribution is 5.79. The maximum atomic E-state index is 10.6. The first-order valence-electron chi connectivity index (χ1n) is 3.73. The number of nitrogens with two attached hydrogens (primary N) is 2. The summed E-state index contributed by atoms with van der Waals surface area (Å²) < 4.78 is 1.20. The van der Waals surface area contributed by atoms with Gasteiger partial charge in [0.05, 0.1) is 23.9 Å². The fraction of sp³-hybridized carbons (Fsp3) is 0.333. The highest BCUT2D eigenvalue weighted by Crippen LogP contribution is 2.05. The Bertz CT molecular complexity index is 360. The van der Waals surface area contributed by atoms with E-state index in [9.17, 15) is 14.9 Å². The van der Waals surface area contributed by atoms with Crippen LogP contribution in [-0.4, -0.2) is 26.7 Å². The van der Waals surface area contributed by atoms with E-state index in [1.54, 1.807) is 0 Å². The molecule has 0 fully saturated rings. The van der Waals surface area contributed by atoms with Crippen molar-refractivity contribution in [3.8, 4) is 0 Å². The molecule has 8 nitrogen and oxygen atoms in total. The van der Waals surface area contributed by atoms with E-state index < -0.39 is 16.9 Å². The third-order valence-corrected chi connectivity index (χ3v) is 1.56. The Kier molecular flexibility index (Phi) is 2.77. The maximum absolute atomic E-state index is 10.6. The number of aromatic nitrogens is 2. The van der Waals surface area contributed by atoms with Gasteiger partial charge in [0, 0.05) is 0 Å². The van der Waals surface area contributed by atoms with Crippen LogP contribution in [0.1, 0.15) is 0 Å². The summed E-state index contributed by atoms with van der Waals surface area (Å²) in [4.78, 5) is 20.2. The fourth-order valence-electron chi connectivity index (χ4n) is 0.842. The summed E-state index contributed by atoms with van der Waals surface area (Å²) in [6, 6.07) is 0.322.